The zero-order valence-electron chi connectivity index (χ0n) is 9.54. The van der Waals surface area contributed by atoms with Crippen LogP contribution in [0.2, 0.25) is 0 Å². The van der Waals surface area contributed by atoms with Crippen molar-refractivity contribution in [2.75, 3.05) is 11.5 Å². The van der Waals surface area contributed by atoms with Gasteiger partial charge in [-0.25, -0.2) is 4.98 Å². The molecule has 2 heterocycles. The van der Waals surface area contributed by atoms with E-state index in [-0.39, 0.29) is 5.95 Å². The normalized spacial score (nSPS) is 10.7. The van der Waals surface area contributed by atoms with Gasteiger partial charge in [0.2, 0.25) is 5.95 Å². The highest BCUT2D eigenvalue weighted by Gasteiger charge is 2.06. The number of nitrogen functional groups attached to an aromatic ring is 2. The van der Waals surface area contributed by atoms with E-state index in [1.54, 1.807) is 12.4 Å². The van der Waals surface area contributed by atoms with E-state index in [4.69, 9.17) is 11.5 Å². The molecule has 0 fully saturated rings. The number of hydrogen-bond donors (Lipinski definition) is 2. The Morgan fingerprint density at radius 3 is 2.67 bits per heavy atom. The number of anilines is 2. The summed E-state index contributed by atoms with van der Waals surface area (Å²) in [6, 6.07) is 7.96. The largest absolute Gasteiger partial charge is 0.383 e. The number of aromatic nitrogens is 3. The maximum Gasteiger partial charge on any atom is 0.221 e. The summed E-state index contributed by atoms with van der Waals surface area (Å²) < 4.78 is 0. The molecule has 5 nitrogen and oxygen atoms in total. The van der Waals surface area contributed by atoms with Crippen LogP contribution in [0.25, 0.3) is 21.9 Å². The lowest BCUT2D eigenvalue weighted by Gasteiger charge is -2.06. The molecule has 18 heavy (non-hydrogen) atoms. The van der Waals surface area contributed by atoms with Gasteiger partial charge in [0.25, 0.3) is 0 Å². The van der Waals surface area contributed by atoms with Gasteiger partial charge in [-0.1, -0.05) is 12.1 Å². The third-order valence-corrected chi connectivity index (χ3v) is 2.79. The van der Waals surface area contributed by atoms with E-state index in [1.165, 1.54) is 0 Å². The molecule has 2 aromatic heterocycles. The smallest absolute Gasteiger partial charge is 0.221 e. The van der Waals surface area contributed by atoms with Gasteiger partial charge in [-0.05, 0) is 23.1 Å². The average Bonchev–Trinajstić information content (AvgIpc) is 2.38. The van der Waals surface area contributed by atoms with Crippen LogP contribution < -0.4 is 11.5 Å². The first-order valence-corrected chi connectivity index (χ1v) is 5.46. The molecule has 0 amide bonds. The van der Waals surface area contributed by atoms with Crippen molar-refractivity contribution in [3.8, 4) is 11.1 Å². The van der Waals surface area contributed by atoms with E-state index in [9.17, 15) is 0 Å². The maximum absolute atomic E-state index is 5.85. The number of nitrogens with two attached hydrogens (primary N) is 2. The first-order chi connectivity index (χ1) is 8.74. The molecule has 1 aromatic carbocycles. The summed E-state index contributed by atoms with van der Waals surface area (Å²) in [5.74, 6) is 0.560. The number of hydrogen-bond acceptors (Lipinski definition) is 5. The second-order valence-electron chi connectivity index (χ2n) is 3.96. The first-order valence-electron chi connectivity index (χ1n) is 5.46. The SMILES string of the molecule is Nc1ncc(-c2ccc3ccncc3c2)c(N)n1. The number of rotatable bonds is 1. The molecule has 0 atom stereocenters. The molecule has 4 N–H and O–H groups in total. The van der Waals surface area contributed by atoms with Gasteiger partial charge in [-0.3, -0.25) is 4.98 Å². The highest BCUT2D eigenvalue weighted by molar-refractivity contribution is 5.88. The van der Waals surface area contributed by atoms with Crippen LogP contribution in [0.3, 0.4) is 0 Å². The summed E-state index contributed by atoms with van der Waals surface area (Å²) in [7, 11) is 0. The van der Waals surface area contributed by atoms with Gasteiger partial charge in [0.1, 0.15) is 5.82 Å². The van der Waals surface area contributed by atoms with Crippen LogP contribution in [0.4, 0.5) is 11.8 Å². The molecule has 88 valence electrons. The molecule has 3 aromatic rings. The van der Waals surface area contributed by atoms with Gasteiger partial charge in [-0.15, -0.1) is 0 Å². The monoisotopic (exact) mass is 237 g/mol. The van der Waals surface area contributed by atoms with Gasteiger partial charge in [0.15, 0.2) is 0 Å². The molecule has 0 aliphatic carbocycles. The quantitative estimate of drug-likeness (QED) is 0.674. The molecule has 3 rings (SSSR count). The van der Waals surface area contributed by atoms with Gasteiger partial charge in [0, 0.05) is 29.5 Å². The van der Waals surface area contributed by atoms with Gasteiger partial charge in [-0.2, -0.15) is 4.98 Å². The molecule has 0 saturated heterocycles. The number of benzene rings is 1. The second-order valence-corrected chi connectivity index (χ2v) is 3.96. The summed E-state index contributed by atoms with van der Waals surface area (Å²) >= 11 is 0. The lowest BCUT2D eigenvalue weighted by atomic mass is 10.0. The first kappa shape index (κ1) is 10.5. The number of nitrogens with zero attached hydrogens (tertiary/aromatic N) is 3. The van der Waals surface area contributed by atoms with Crippen LogP contribution >= 0.6 is 0 Å². The second kappa shape index (κ2) is 3.96. The number of fused-ring (bicyclic) bond motifs is 1. The van der Waals surface area contributed by atoms with Crippen LogP contribution in [0.5, 0.6) is 0 Å². The Hall–Kier alpha value is -2.69. The van der Waals surface area contributed by atoms with E-state index in [2.05, 4.69) is 15.0 Å². The van der Waals surface area contributed by atoms with E-state index in [0.29, 0.717) is 5.82 Å². The minimum absolute atomic E-state index is 0.179. The molecular formula is C13H11N5. The number of pyridine rings is 1. The predicted octanol–water partition coefficient (Wildman–Crippen LogP) is 1.86. The van der Waals surface area contributed by atoms with E-state index in [1.807, 2.05) is 30.5 Å². The summed E-state index contributed by atoms with van der Waals surface area (Å²) in [6.45, 7) is 0. The molecule has 0 radical (unpaired) electrons. The Morgan fingerprint density at radius 2 is 1.83 bits per heavy atom. The molecule has 5 heteroatoms. The lowest BCUT2D eigenvalue weighted by Crippen LogP contribution is -2.00. The zero-order valence-corrected chi connectivity index (χ0v) is 9.54. The van der Waals surface area contributed by atoms with Gasteiger partial charge < -0.3 is 11.5 Å². The minimum Gasteiger partial charge on any atom is -0.383 e. The van der Waals surface area contributed by atoms with Crippen molar-refractivity contribution in [1.82, 2.24) is 15.0 Å². The van der Waals surface area contributed by atoms with Crippen LogP contribution in [0.1, 0.15) is 0 Å². The molecule has 0 unspecified atom stereocenters. The van der Waals surface area contributed by atoms with Crippen molar-refractivity contribution in [2.45, 2.75) is 0 Å². The fraction of sp³-hybridized carbons (Fsp3) is 0. The highest BCUT2D eigenvalue weighted by Crippen LogP contribution is 2.27. The van der Waals surface area contributed by atoms with Gasteiger partial charge in [0.05, 0.1) is 0 Å². The maximum atomic E-state index is 5.85. The predicted molar refractivity (Wildman–Crippen MR) is 71.6 cm³/mol. The van der Waals surface area contributed by atoms with Crippen LogP contribution in [-0.4, -0.2) is 15.0 Å². The Balaban J connectivity index is 2.19. The van der Waals surface area contributed by atoms with Crippen molar-refractivity contribution in [2.24, 2.45) is 0 Å². The average molecular weight is 237 g/mol. The van der Waals surface area contributed by atoms with Crippen molar-refractivity contribution in [3.63, 3.8) is 0 Å². The van der Waals surface area contributed by atoms with Crippen molar-refractivity contribution in [1.29, 1.82) is 0 Å². The van der Waals surface area contributed by atoms with E-state index in [0.717, 1.165) is 21.9 Å². The Kier molecular flexibility index (Phi) is 2.30. The zero-order chi connectivity index (χ0) is 12.5. The third-order valence-electron chi connectivity index (χ3n) is 2.79. The Morgan fingerprint density at radius 1 is 0.944 bits per heavy atom. The van der Waals surface area contributed by atoms with Crippen LogP contribution in [-0.2, 0) is 0 Å². The summed E-state index contributed by atoms with van der Waals surface area (Å²) in [6.07, 6.45) is 5.21. The van der Waals surface area contributed by atoms with Crippen molar-refractivity contribution in [3.05, 3.63) is 42.9 Å². The summed E-state index contributed by atoms with van der Waals surface area (Å²) in [5.41, 5.74) is 13.1. The van der Waals surface area contributed by atoms with Crippen molar-refractivity contribution < 1.29 is 0 Å². The topological polar surface area (TPSA) is 90.7 Å². The van der Waals surface area contributed by atoms with Crippen LogP contribution in [0, 0.1) is 0 Å². The molecule has 0 saturated carbocycles. The molecular weight excluding hydrogens is 226 g/mol. The lowest BCUT2D eigenvalue weighted by molar-refractivity contribution is 1.20. The fourth-order valence-corrected chi connectivity index (χ4v) is 1.88. The summed E-state index contributed by atoms with van der Waals surface area (Å²) in [4.78, 5) is 12.0. The highest BCUT2D eigenvalue weighted by atomic mass is 15.0. The molecule has 0 aliphatic rings. The van der Waals surface area contributed by atoms with E-state index >= 15 is 0 Å². The standard InChI is InChI=1S/C13H11N5/c14-12-11(7-17-13(15)18-12)9-2-1-8-3-4-16-6-10(8)5-9/h1-7H,(H4,14,15,17,18). The molecule has 0 bridgehead atoms. The summed E-state index contributed by atoms with van der Waals surface area (Å²) in [5, 5.41) is 2.18. The molecule has 0 spiro atoms. The van der Waals surface area contributed by atoms with Crippen LogP contribution in [0.15, 0.2) is 42.9 Å². The third kappa shape index (κ3) is 1.71. The van der Waals surface area contributed by atoms with Crippen molar-refractivity contribution >= 4 is 22.5 Å². The van der Waals surface area contributed by atoms with E-state index < -0.39 is 0 Å². The fourth-order valence-electron chi connectivity index (χ4n) is 1.88. The minimum atomic E-state index is 0.179. The van der Waals surface area contributed by atoms with Gasteiger partial charge >= 0.3 is 0 Å². The molecule has 0 aliphatic heterocycles. The Bertz CT molecular complexity index is 723. The Labute approximate surface area is 104 Å².